The number of aromatic nitrogens is 2. The van der Waals surface area contributed by atoms with E-state index in [0.717, 1.165) is 60.8 Å². The number of rotatable bonds is 5. The highest BCUT2D eigenvalue weighted by atomic mass is 79.9. The van der Waals surface area contributed by atoms with Crippen LogP contribution in [-0.2, 0) is 6.42 Å². The minimum absolute atomic E-state index is 0.489. The molecular formula is C15H26BrN5. The molecule has 0 aromatic carbocycles. The number of aryl methyl sites for hydroxylation is 1. The van der Waals surface area contributed by atoms with E-state index < -0.39 is 0 Å². The fourth-order valence-electron chi connectivity index (χ4n) is 2.60. The summed E-state index contributed by atoms with van der Waals surface area (Å²) in [6.07, 6.45) is 1.98. The maximum absolute atomic E-state index is 4.71. The normalized spacial score (nSPS) is 20.7. The van der Waals surface area contributed by atoms with Gasteiger partial charge in [0.2, 0.25) is 0 Å². The van der Waals surface area contributed by atoms with Crippen LogP contribution in [0.25, 0.3) is 0 Å². The summed E-state index contributed by atoms with van der Waals surface area (Å²) in [7, 11) is 4.38. The number of hydrogen-bond donors (Lipinski definition) is 1. The molecule has 2 rings (SSSR count). The molecule has 5 nitrogen and oxygen atoms in total. The summed E-state index contributed by atoms with van der Waals surface area (Å²) in [6, 6.07) is 0.489. The number of likely N-dealkylation sites (N-methyl/N-ethyl adjacent to an activating group) is 2. The Kier molecular flexibility index (Phi) is 5.96. The molecule has 0 aliphatic carbocycles. The Morgan fingerprint density at radius 2 is 2.05 bits per heavy atom. The van der Waals surface area contributed by atoms with Crippen molar-refractivity contribution >= 4 is 21.7 Å². The number of hydrogen-bond acceptors (Lipinski definition) is 5. The smallest absolute Gasteiger partial charge is 0.144 e. The Labute approximate surface area is 136 Å². The van der Waals surface area contributed by atoms with E-state index in [9.17, 15) is 0 Å². The van der Waals surface area contributed by atoms with E-state index in [0.29, 0.717) is 6.04 Å². The maximum atomic E-state index is 4.71. The number of nitrogens with one attached hydrogen (secondary N) is 1. The predicted octanol–water partition coefficient (Wildman–Crippen LogP) is 2.16. The van der Waals surface area contributed by atoms with Crippen molar-refractivity contribution in [3.05, 3.63) is 16.0 Å². The summed E-state index contributed by atoms with van der Waals surface area (Å²) >= 11 is 3.59. The molecule has 6 heteroatoms. The molecule has 1 fully saturated rings. The lowest BCUT2D eigenvalue weighted by molar-refractivity contribution is 0.113. The van der Waals surface area contributed by atoms with E-state index in [1.54, 1.807) is 0 Å². The van der Waals surface area contributed by atoms with Crippen LogP contribution >= 0.6 is 15.9 Å². The van der Waals surface area contributed by atoms with Crippen molar-refractivity contribution in [2.45, 2.75) is 32.7 Å². The van der Waals surface area contributed by atoms with Gasteiger partial charge in [0.15, 0.2) is 0 Å². The van der Waals surface area contributed by atoms with Gasteiger partial charge < -0.3 is 15.1 Å². The van der Waals surface area contributed by atoms with E-state index in [4.69, 9.17) is 4.98 Å². The van der Waals surface area contributed by atoms with Crippen molar-refractivity contribution in [3.8, 4) is 0 Å². The lowest BCUT2D eigenvalue weighted by Gasteiger charge is -2.37. The van der Waals surface area contributed by atoms with Crippen LogP contribution < -0.4 is 5.32 Å². The van der Waals surface area contributed by atoms with Crippen LogP contribution in [0.15, 0.2) is 4.47 Å². The van der Waals surface area contributed by atoms with Crippen LogP contribution in [-0.4, -0.2) is 66.1 Å². The number of piperazine rings is 1. The first-order valence-corrected chi connectivity index (χ1v) is 8.46. The van der Waals surface area contributed by atoms with Crippen molar-refractivity contribution in [1.29, 1.82) is 0 Å². The van der Waals surface area contributed by atoms with Gasteiger partial charge in [0.05, 0.1) is 10.2 Å². The van der Waals surface area contributed by atoms with Gasteiger partial charge in [-0.2, -0.15) is 0 Å². The molecule has 0 spiro atoms. The SMILES string of the molecule is CCCNc1nc(CC2CN(C)CCN2C)nc(C)c1Br. The van der Waals surface area contributed by atoms with Crippen molar-refractivity contribution in [1.82, 2.24) is 19.8 Å². The molecule has 1 aromatic heterocycles. The highest BCUT2D eigenvalue weighted by molar-refractivity contribution is 9.10. The predicted molar refractivity (Wildman–Crippen MR) is 90.9 cm³/mol. The summed E-state index contributed by atoms with van der Waals surface area (Å²) in [4.78, 5) is 14.2. The molecule has 21 heavy (non-hydrogen) atoms. The van der Waals surface area contributed by atoms with Crippen LogP contribution in [0, 0.1) is 6.92 Å². The molecule has 1 aliphatic heterocycles. The standard InChI is InChI=1S/C15H26BrN5/c1-5-6-17-15-14(16)11(2)18-13(19-15)9-12-10-20(3)7-8-21(12)4/h12H,5-10H2,1-4H3,(H,17,18,19). The number of halogens is 1. The van der Waals surface area contributed by atoms with E-state index in [2.05, 4.69) is 57.0 Å². The highest BCUT2D eigenvalue weighted by Crippen LogP contribution is 2.24. The van der Waals surface area contributed by atoms with Crippen LogP contribution in [0.5, 0.6) is 0 Å². The summed E-state index contributed by atoms with van der Waals surface area (Å²) in [5, 5.41) is 3.38. The van der Waals surface area contributed by atoms with E-state index in [1.807, 2.05) is 6.92 Å². The first-order valence-electron chi connectivity index (χ1n) is 7.67. The number of anilines is 1. The molecule has 2 heterocycles. The fourth-order valence-corrected chi connectivity index (χ4v) is 2.92. The topological polar surface area (TPSA) is 44.3 Å². The van der Waals surface area contributed by atoms with Crippen LogP contribution in [0.2, 0.25) is 0 Å². The molecule has 1 atom stereocenters. The molecule has 0 saturated carbocycles. The van der Waals surface area contributed by atoms with Gasteiger partial charge in [-0.15, -0.1) is 0 Å². The summed E-state index contributed by atoms with van der Waals surface area (Å²) < 4.78 is 0.980. The van der Waals surface area contributed by atoms with Crippen molar-refractivity contribution in [2.75, 3.05) is 45.6 Å². The summed E-state index contributed by atoms with van der Waals surface area (Å²) in [6.45, 7) is 8.44. The molecule has 1 aliphatic rings. The minimum atomic E-state index is 0.489. The van der Waals surface area contributed by atoms with E-state index >= 15 is 0 Å². The fraction of sp³-hybridized carbons (Fsp3) is 0.733. The average molecular weight is 356 g/mol. The highest BCUT2D eigenvalue weighted by Gasteiger charge is 2.23. The maximum Gasteiger partial charge on any atom is 0.144 e. The zero-order valence-corrected chi connectivity index (χ0v) is 15.1. The van der Waals surface area contributed by atoms with Crippen LogP contribution in [0.1, 0.15) is 24.9 Å². The molecule has 118 valence electrons. The van der Waals surface area contributed by atoms with Gasteiger partial charge in [-0.25, -0.2) is 9.97 Å². The Balaban J connectivity index is 2.13. The quantitative estimate of drug-likeness (QED) is 0.876. The molecule has 1 unspecified atom stereocenters. The van der Waals surface area contributed by atoms with Crippen LogP contribution in [0.4, 0.5) is 5.82 Å². The van der Waals surface area contributed by atoms with E-state index in [-0.39, 0.29) is 0 Å². The molecule has 0 amide bonds. The molecule has 0 radical (unpaired) electrons. The third-order valence-corrected chi connectivity index (χ3v) is 4.95. The zero-order chi connectivity index (χ0) is 15.4. The third-order valence-electron chi connectivity index (χ3n) is 4.00. The van der Waals surface area contributed by atoms with Gasteiger partial charge in [-0.1, -0.05) is 6.92 Å². The Morgan fingerprint density at radius 3 is 2.76 bits per heavy atom. The van der Waals surface area contributed by atoms with Gasteiger partial charge in [-0.05, 0) is 43.4 Å². The second-order valence-corrected chi connectivity index (χ2v) is 6.71. The average Bonchev–Trinajstić information content (AvgIpc) is 2.45. The largest absolute Gasteiger partial charge is 0.369 e. The summed E-state index contributed by atoms with van der Waals surface area (Å²) in [5.41, 5.74) is 1.01. The lowest BCUT2D eigenvalue weighted by atomic mass is 10.1. The first kappa shape index (κ1) is 16.6. The van der Waals surface area contributed by atoms with Gasteiger partial charge in [-0.3, -0.25) is 0 Å². The number of nitrogens with zero attached hydrogens (tertiary/aromatic N) is 4. The lowest BCUT2D eigenvalue weighted by Crippen LogP contribution is -2.51. The van der Waals surface area contributed by atoms with E-state index in [1.165, 1.54) is 0 Å². The Bertz CT molecular complexity index is 479. The monoisotopic (exact) mass is 355 g/mol. The Morgan fingerprint density at radius 1 is 1.29 bits per heavy atom. The molecule has 1 saturated heterocycles. The van der Waals surface area contributed by atoms with Crippen molar-refractivity contribution < 1.29 is 0 Å². The van der Waals surface area contributed by atoms with Crippen molar-refractivity contribution in [2.24, 2.45) is 0 Å². The molecule has 1 N–H and O–H groups in total. The first-order chi connectivity index (χ1) is 10.0. The third kappa shape index (κ3) is 4.37. The van der Waals surface area contributed by atoms with Gasteiger partial charge in [0.1, 0.15) is 11.6 Å². The molecule has 0 bridgehead atoms. The second-order valence-electron chi connectivity index (χ2n) is 5.92. The zero-order valence-electron chi connectivity index (χ0n) is 13.5. The Hall–Kier alpha value is -0.720. The minimum Gasteiger partial charge on any atom is -0.369 e. The summed E-state index contributed by atoms with van der Waals surface area (Å²) in [5.74, 6) is 1.85. The molecule has 1 aromatic rings. The second kappa shape index (κ2) is 7.51. The molecular weight excluding hydrogens is 330 g/mol. The van der Waals surface area contributed by atoms with Gasteiger partial charge in [0, 0.05) is 38.6 Å². The van der Waals surface area contributed by atoms with Gasteiger partial charge in [0.25, 0.3) is 0 Å². The van der Waals surface area contributed by atoms with Crippen LogP contribution in [0.3, 0.4) is 0 Å². The van der Waals surface area contributed by atoms with Crippen molar-refractivity contribution in [3.63, 3.8) is 0 Å². The van der Waals surface area contributed by atoms with Gasteiger partial charge >= 0.3 is 0 Å².